The smallest absolute Gasteiger partial charge is 0.197 e. The first-order valence-corrected chi connectivity index (χ1v) is 6.37. The second-order valence-electron chi connectivity index (χ2n) is 4.35. The van der Waals surface area contributed by atoms with Gasteiger partial charge in [0.25, 0.3) is 0 Å². The van der Waals surface area contributed by atoms with Crippen LogP contribution >= 0.6 is 11.6 Å². The summed E-state index contributed by atoms with van der Waals surface area (Å²) in [5.41, 5.74) is 1.71. The Bertz CT molecular complexity index is 472. The lowest BCUT2D eigenvalue weighted by molar-refractivity contribution is 0.106. The molecule has 2 heterocycles. The molecule has 2 atom stereocenters. The summed E-state index contributed by atoms with van der Waals surface area (Å²) in [6.45, 7) is 0.821. The zero-order valence-electron chi connectivity index (χ0n) is 9.43. The molecular weight excluding hydrogens is 238 g/mol. The van der Waals surface area contributed by atoms with Gasteiger partial charge < -0.3 is 9.15 Å². The number of hydrogen-bond donors (Lipinski definition) is 0. The molecule has 0 saturated carbocycles. The molecule has 90 valence electrons. The molecule has 3 rings (SSSR count). The Kier molecular flexibility index (Phi) is 3.04. The predicted molar refractivity (Wildman–Crippen MR) is 66.3 cm³/mol. The highest BCUT2D eigenvalue weighted by Crippen LogP contribution is 2.24. The maximum absolute atomic E-state index is 6.32. The van der Waals surface area contributed by atoms with Gasteiger partial charge >= 0.3 is 0 Å². The first-order valence-electron chi connectivity index (χ1n) is 5.93. The maximum atomic E-state index is 6.32. The molecule has 1 saturated heterocycles. The van der Waals surface area contributed by atoms with Gasteiger partial charge in [0.2, 0.25) is 0 Å². The van der Waals surface area contributed by atoms with E-state index in [9.17, 15) is 0 Å². The number of ether oxygens (including phenoxy) is 1. The molecule has 1 aliphatic heterocycles. The Morgan fingerprint density at radius 1 is 1.41 bits per heavy atom. The number of benzene rings is 1. The van der Waals surface area contributed by atoms with E-state index in [1.807, 2.05) is 24.3 Å². The van der Waals surface area contributed by atoms with E-state index in [4.69, 9.17) is 20.8 Å². The minimum absolute atomic E-state index is 0.0504. The van der Waals surface area contributed by atoms with Crippen molar-refractivity contribution in [2.75, 3.05) is 6.61 Å². The number of hydrogen-bond acceptors (Lipinski definition) is 3. The monoisotopic (exact) mass is 251 g/mol. The van der Waals surface area contributed by atoms with Crippen molar-refractivity contribution in [3.63, 3.8) is 0 Å². The first-order chi connectivity index (χ1) is 8.33. The van der Waals surface area contributed by atoms with Gasteiger partial charge in [-0.1, -0.05) is 12.1 Å². The van der Waals surface area contributed by atoms with Crippen molar-refractivity contribution in [3.8, 4) is 0 Å². The van der Waals surface area contributed by atoms with Crippen molar-refractivity contribution in [1.82, 2.24) is 4.98 Å². The fourth-order valence-electron chi connectivity index (χ4n) is 2.19. The number of alkyl halides is 1. The first kappa shape index (κ1) is 11.1. The van der Waals surface area contributed by atoms with E-state index < -0.39 is 0 Å². The van der Waals surface area contributed by atoms with Crippen molar-refractivity contribution in [1.29, 1.82) is 0 Å². The molecule has 3 nitrogen and oxygen atoms in total. The summed E-state index contributed by atoms with van der Waals surface area (Å²) in [5, 5.41) is -0.0504. The zero-order chi connectivity index (χ0) is 11.7. The zero-order valence-corrected chi connectivity index (χ0v) is 10.2. The van der Waals surface area contributed by atoms with Gasteiger partial charge in [0.15, 0.2) is 11.5 Å². The van der Waals surface area contributed by atoms with Crippen molar-refractivity contribution in [2.45, 2.75) is 30.7 Å². The van der Waals surface area contributed by atoms with E-state index in [2.05, 4.69) is 4.98 Å². The second kappa shape index (κ2) is 4.67. The molecule has 0 amide bonds. The summed E-state index contributed by atoms with van der Waals surface area (Å²) < 4.78 is 11.2. The molecule has 0 spiro atoms. The van der Waals surface area contributed by atoms with Crippen LogP contribution in [0, 0.1) is 0 Å². The summed E-state index contributed by atoms with van der Waals surface area (Å²) in [4.78, 5) is 4.42. The largest absolute Gasteiger partial charge is 0.441 e. The standard InChI is InChI=1S/C13H14ClNO2/c14-9(11-6-3-7-16-11)8-13-15-10-4-1-2-5-12(10)17-13/h1-2,4-5,9,11H,3,6-8H2. The third-order valence-corrected chi connectivity index (χ3v) is 3.51. The summed E-state index contributed by atoms with van der Waals surface area (Å²) in [5.74, 6) is 0.696. The van der Waals surface area contributed by atoms with Crippen LogP contribution in [0.2, 0.25) is 0 Å². The average molecular weight is 252 g/mol. The van der Waals surface area contributed by atoms with Gasteiger partial charge in [-0.2, -0.15) is 0 Å². The van der Waals surface area contributed by atoms with Gasteiger partial charge in [-0.25, -0.2) is 4.98 Å². The average Bonchev–Trinajstić information content (AvgIpc) is 2.97. The number of rotatable bonds is 3. The third kappa shape index (κ3) is 2.31. The van der Waals surface area contributed by atoms with Crippen molar-refractivity contribution < 1.29 is 9.15 Å². The number of para-hydroxylation sites is 2. The lowest BCUT2D eigenvalue weighted by atomic mass is 10.1. The molecule has 2 aromatic rings. The fourth-order valence-corrected chi connectivity index (χ4v) is 2.52. The van der Waals surface area contributed by atoms with Gasteiger partial charge in [-0.3, -0.25) is 0 Å². The van der Waals surface area contributed by atoms with E-state index in [0.717, 1.165) is 30.5 Å². The summed E-state index contributed by atoms with van der Waals surface area (Å²) >= 11 is 6.32. The molecule has 0 radical (unpaired) electrons. The van der Waals surface area contributed by atoms with Gasteiger partial charge in [-0.05, 0) is 25.0 Å². The van der Waals surface area contributed by atoms with Crippen molar-refractivity contribution >= 4 is 22.7 Å². The number of halogens is 1. The van der Waals surface area contributed by atoms with E-state index in [1.165, 1.54) is 0 Å². The molecule has 1 aromatic heterocycles. The third-order valence-electron chi connectivity index (χ3n) is 3.08. The van der Waals surface area contributed by atoms with Crippen LogP contribution in [0.5, 0.6) is 0 Å². The molecule has 1 aliphatic rings. The van der Waals surface area contributed by atoms with Gasteiger partial charge in [0.05, 0.1) is 11.5 Å². The predicted octanol–water partition coefficient (Wildman–Crippen LogP) is 3.16. The Morgan fingerprint density at radius 3 is 3.06 bits per heavy atom. The SMILES string of the molecule is ClC(Cc1nc2ccccc2o1)C1CCCO1. The Hall–Kier alpha value is -1.06. The quantitative estimate of drug-likeness (QED) is 0.786. The highest BCUT2D eigenvalue weighted by atomic mass is 35.5. The summed E-state index contributed by atoms with van der Waals surface area (Å²) in [6, 6.07) is 7.75. The van der Waals surface area contributed by atoms with Crippen molar-refractivity contribution in [2.24, 2.45) is 0 Å². The topological polar surface area (TPSA) is 35.3 Å². The lowest BCUT2D eigenvalue weighted by Crippen LogP contribution is -2.22. The Morgan fingerprint density at radius 2 is 2.29 bits per heavy atom. The fraction of sp³-hybridized carbons (Fsp3) is 0.462. The molecule has 1 aromatic carbocycles. The van der Waals surface area contributed by atoms with E-state index >= 15 is 0 Å². The van der Waals surface area contributed by atoms with Crippen LogP contribution in [0.15, 0.2) is 28.7 Å². The van der Waals surface area contributed by atoms with Crippen molar-refractivity contribution in [3.05, 3.63) is 30.2 Å². The lowest BCUT2D eigenvalue weighted by Gasteiger charge is -2.14. The maximum Gasteiger partial charge on any atom is 0.197 e. The van der Waals surface area contributed by atoms with E-state index in [1.54, 1.807) is 0 Å². The minimum Gasteiger partial charge on any atom is -0.441 e. The number of oxazole rings is 1. The van der Waals surface area contributed by atoms with Crippen LogP contribution in [0.25, 0.3) is 11.1 Å². The molecule has 0 N–H and O–H groups in total. The van der Waals surface area contributed by atoms with Crippen LogP contribution in [0.4, 0.5) is 0 Å². The van der Waals surface area contributed by atoms with Crippen LogP contribution in [0.1, 0.15) is 18.7 Å². The molecule has 0 bridgehead atoms. The molecule has 2 unspecified atom stereocenters. The second-order valence-corrected chi connectivity index (χ2v) is 4.91. The van der Waals surface area contributed by atoms with Crippen LogP contribution < -0.4 is 0 Å². The summed E-state index contributed by atoms with van der Waals surface area (Å²) in [7, 11) is 0. The van der Waals surface area contributed by atoms with Crippen LogP contribution in [-0.2, 0) is 11.2 Å². The van der Waals surface area contributed by atoms with E-state index in [0.29, 0.717) is 12.3 Å². The van der Waals surface area contributed by atoms with E-state index in [-0.39, 0.29) is 11.5 Å². The summed E-state index contributed by atoms with van der Waals surface area (Å²) in [6.07, 6.45) is 2.91. The molecular formula is C13H14ClNO2. The number of aromatic nitrogens is 1. The highest BCUT2D eigenvalue weighted by Gasteiger charge is 2.25. The Labute approximate surface area is 105 Å². The highest BCUT2D eigenvalue weighted by molar-refractivity contribution is 6.21. The number of nitrogens with zero attached hydrogens (tertiary/aromatic N) is 1. The van der Waals surface area contributed by atoms with Gasteiger partial charge in [0.1, 0.15) is 5.52 Å². The molecule has 1 fully saturated rings. The molecule has 4 heteroatoms. The molecule has 17 heavy (non-hydrogen) atoms. The molecule has 0 aliphatic carbocycles. The van der Waals surface area contributed by atoms with Gasteiger partial charge in [-0.15, -0.1) is 11.6 Å². The Balaban J connectivity index is 1.75. The van der Waals surface area contributed by atoms with Crippen LogP contribution in [-0.4, -0.2) is 23.1 Å². The normalized spacial score (nSPS) is 22.1. The van der Waals surface area contributed by atoms with Gasteiger partial charge in [0, 0.05) is 13.0 Å². The van der Waals surface area contributed by atoms with Crippen LogP contribution in [0.3, 0.4) is 0 Å². The number of fused-ring (bicyclic) bond motifs is 1. The minimum atomic E-state index is -0.0504.